The van der Waals surface area contributed by atoms with Crippen molar-refractivity contribution in [3.05, 3.63) is 132 Å². The fourth-order valence-electron chi connectivity index (χ4n) is 6.25. The number of rotatable bonds is 9. The molecule has 0 saturated carbocycles. The van der Waals surface area contributed by atoms with Gasteiger partial charge in [-0.3, -0.25) is 4.68 Å². The number of aromatic nitrogens is 4. The Morgan fingerprint density at radius 3 is 2.41 bits per heavy atom. The zero-order chi connectivity index (χ0) is 30.9. The number of hydrogen-bond donors (Lipinski definition) is 0. The minimum Gasteiger partial charge on any atom is -0.509 e. The number of pyridine rings is 1. The van der Waals surface area contributed by atoms with Crippen LogP contribution in [0, 0.1) is 26.0 Å². The zero-order valence-corrected chi connectivity index (χ0v) is 28.9. The molecule has 0 atom stereocenters. The summed E-state index contributed by atoms with van der Waals surface area (Å²) in [5, 5.41) is 7.21. The summed E-state index contributed by atoms with van der Waals surface area (Å²) in [6.45, 7) is 8.55. The van der Waals surface area contributed by atoms with Crippen LogP contribution in [0.4, 0.5) is 0 Å². The summed E-state index contributed by atoms with van der Waals surface area (Å²) < 4.78 is 10.6. The molecule has 4 aromatic carbocycles. The van der Waals surface area contributed by atoms with E-state index < -0.39 is 0 Å². The van der Waals surface area contributed by atoms with Crippen LogP contribution in [0.3, 0.4) is 0 Å². The first-order chi connectivity index (χ1) is 22.0. The van der Waals surface area contributed by atoms with E-state index in [-0.39, 0.29) is 21.1 Å². The van der Waals surface area contributed by atoms with E-state index in [0.29, 0.717) is 11.5 Å². The van der Waals surface area contributed by atoms with Crippen molar-refractivity contribution in [2.45, 2.75) is 53.4 Å². The molecule has 7 aromatic rings. The van der Waals surface area contributed by atoms with Crippen LogP contribution in [-0.2, 0) is 33.9 Å². The molecule has 0 amide bonds. The summed E-state index contributed by atoms with van der Waals surface area (Å²) in [7, 11) is 0. The van der Waals surface area contributed by atoms with Gasteiger partial charge in [-0.2, -0.15) is 17.2 Å². The molecule has 6 heteroatoms. The fraction of sp³-hybridized carbons (Fsp3) is 0.200. The molecule has 0 spiro atoms. The molecule has 0 aliphatic heterocycles. The largest absolute Gasteiger partial charge is 2.00 e. The van der Waals surface area contributed by atoms with Gasteiger partial charge in [0.1, 0.15) is 5.82 Å². The number of hydrogen-bond acceptors (Lipinski definition) is 3. The van der Waals surface area contributed by atoms with Crippen molar-refractivity contribution in [3.8, 4) is 34.1 Å². The molecule has 0 radical (unpaired) electrons. The number of benzene rings is 4. The maximum Gasteiger partial charge on any atom is 2.00 e. The normalized spacial score (nSPS) is 11.2. The van der Waals surface area contributed by atoms with Gasteiger partial charge in [-0.15, -0.1) is 35.7 Å². The van der Waals surface area contributed by atoms with Crippen LogP contribution < -0.4 is 4.74 Å². The number of unbranched alkanes of at least 4 members (excludes halogenated alkanes) is 1. The Labute approximate surface area is 285 Å². The van der Waals surface area contributed by atoms with E-state index in [0.717, 1.165) is 63.3 Å². The molecule has 5 nitrogen and oxygen atoms in total. The molecule has 7 rings (SSSR count). The van der Waals surface area contributed by atoms with Gasteiger partial charge in [0.15, 0.2) is 0 Å². The summed E-state index contributed by atoms with van der Waals surface area (Å²) in [5.74, 6) is 2.11. The maximum atomic E-state index is 6.43. The minimum atomic E-state index is 0. The first-order valence-electron chi connectivity index (χ1n) is 15.8. The van der Waals surface area contributed by atoms with Crippen LogP contribution in [0.5, 0.6) is 11.5 Å². The Kier molecular flexibility index (Phi) is 9.24. The van der Waals surface area contributed by atoms with E-state index >= 15 is 0 Å². The topological polar surface area (TPSA) is 44.9 Å². The third-order valence-corrected chi connectivity index (χ3v) is 8.53. The summed E-state index contributed by atoms with van der Waals surface area (Å²) in [4.78, 5) is 4.79. The van der Waals surface area contributed by atoms with E-state index in [2.05, 4.69) is 98.1 Å². The third kappa shape index (κ3) is 5.92. The van der Waals surface area contributed by atoms with Crippen molar-refractivity contribution in [1.29, 1.82) is 0 Å². The molecule has 0 unspecified atom stereocenters. The Hall–Kier alpha value is -4.47. The van der Waals surface area contributed by atoms with Crippen LogP contribution in [-0.4, -0.2) is 19.3 Å². The van der Waals surface area contributed by atoms with E-state index in [9.17, 15) is 0 Å². The predicted octanol–water partition coefficient (Wildman–Crippen LogP) is 9.94. The maximum absolute atomic E-state index is 6.43. The molecule has 3 aromatic heterocycles. The fourth-order valence-corrected chi connectivity index (χ4v) is 6.25. The van der Waals surface area contributed by atoms with Gasteiger partial charge in [-0.1, -0.05) is 68.2 Å². The van der Waals surface area contributed by atoms with Gasteiger partial charge < -0.3 is 9.30 Å². The van der Waals surface area contributed by atoms with Gasteiger partial charge >= 0.3 is 21.1 Å². The van der Waals surface area contributed by atoms with Crippen LogP contribution >= 0.6 is 0 Å². The van der Waals surface area contributed by atoms with Crippen LogP contribution in [0.1, 0.15) is 49.2 Å². The van der Waals surface area contributed by atoms with E-state index in [1.54, 1.807) is 0 Å². The molecule has 232 valence electrons. The zero-order valence-electron chi connectivity index (χ0n) is 26.6. The second kappa shape index (κ2) is 13.5. The van der Waals surface area contributed by atoms with Crippen molar-refractivity contribution in [1.82, 2.24) is 19.3 Å². The summed E-state index contributed by atoms with van der Waals surface area (Å²) in [5.41, 5.74) is 9.81. The second-order valence-corrected chi connectivity index (χ2v) is 11.6. The van der Waals surface area contributed by atoms with Gasteiger partial charge in [-0.25, -0.2) is 4.98 Å². The standard InChI is InChI=1S/C40H36N4O.Pt/c1-5-7-12-30-17-20-37-36(23-30)35-19-18-34(26-38(35)43(37)39-24-29(6-2)21-22-41-39)45-33-16-11-15-32(25-33)44-28(4)40(27(3)42-44)31-13-9-8-10-14-31;/h8-11,13-24H,5-7,12H2,1-4H3;/q-2;+2. The molecule has 3 heterocycles. The Morgan fingerprint density at radius 1 is 0.783 bits per heavy atom. The minimum absolute atomic E-state index is 0. The third-order valence-electron chi connectivity index (χ3n) is 8.53. The van der Waals surface area contributed by atoms with Gasteiger partial charge in [-0.05, 0) is 79.1 Å². The van der Waals surface area contributed by atoms with Crippen molar-refractivity contribution in [2.24, 2.45) is 0 Å². The van der Waals surface area contributed by atoms with Crippen LogP contribution in [0.25, 0.3) is 44.4 Å². The summed E-state index contributed by atoms with van der Waals surface area (Å²) in [6, 6.07) is 38.5. The molecular formula is C40H36N4OPt. The van der Waals surface area contributed by atoms with Gasteiger partial charge in [0.2, 0.25) is 0 Å². The Bertz CT molecular complexity index is 2140. The predicted molar refractivity (Wildman–Crippen MR) is 183 cm³/mol. The van der Waals surface area contributed by atoms with Crippen molar-refractivity contribution < 1.29 is 25.8 Å². The number of nitrogens with zero attached hydrogens (tertiary/aromatic N) is 4. The van der Waals surface area contributed by atoms with Crippen molar-refractivity contribution in [3.63, 3.8) is 0 Å². The van der Waals surface area contributed by atoms with Crippen molar-refractivity contribution in [2.75, 3.05) is 0 Å². The number of aryl methyl sites for hydroxylation is 3. The molecule has 46 heavy (non-hydrogen) atoms. The number of fused-ring (bicyclic) bond motifs is 3. The molecule has 0 bridgehead atoms. The van der Waals surface area contributed by atoms with Crippen LogP contribution in [0.15, 0.2) is 97.2 Å². The van der Waals surface area contributed by atoms with Crippen LogP contribution in [0.2, 0.25) is 0 Å². The SMILES string of the molecule is CCCCc1ccc2c(c1)c1ccc(Oc3[c-]c(-n4nc(C)c(-c5ccccc5)c4C)ccc3)[c-]c1n2-c1cc(CC)ccn1.[Pt+2]. The molecule has 0 aliphatic carbocycles. The second-order valence-electron chi connectivity index (χ2n) is 11.6. The van der Waals surface area contributed by atoms with Gasteiger partial charge in [0.05, 0.1) is 5.69 Å². The number of ether oxygens (including phenoxy) is 1. The molecule has 0 saturated heterocycles. The van der Waals surface area contributed by atoms with Crippen molar-refractivity contribution >= 4 is 21.8 Å². The molecule has 0 N–H and O–H groups in total. The van der Waals surface area contributed by atoms with Gasteiger partial charge in [0, 0.05) is 34.5 Å². The quantitative estimate of drug-likeness (QED) is 0.137. The van der Waals surface area contributed by atoms with E-state index in [1.807, 2.05) is 48.1 Å². The summed E-state index contributed by atoms with van der Waals surface area (Å²) >= 11 is 0. The molecule has 0 fully saturated rings. The smallest absolute Gasteiger partial charge is 0.509 e. The monoisotopic (exact) mass is 783 g/mol. The average Bonchev–Trinajstić information content (AvgIpc) is 3.56. The van der Waals surface area contributed by atoms with E-state index in [1.165, 1.54) is 29.4 Å². The summed E-state index contributed by atoms with van der Waals surface area (Å²) in [6.07, 6.45) is 6.26. The molecular weight excluding hydrogens is 748 g/mol. The van der Waals surface area contributed by atoms with Gasteiger partial charge in [0.25, 0.3) is 0 Å². The average molecular weight is 784 g/mol. The Balaban J connectivity index is 0.00000372. The Morgan fingerprint density at radius 2 is 1.61 bits per heavy atom. The first-order valence-corrected chi connectivity index (χ1v) is 15.8. The van der Waals surface area contributed by atoms with E-state index in [4.69, 9.17) is 14.8 Å². The molecule has 0 aliphatic rings. The first kappa shape index (κ1) is 31.5.